The van der Waals surface area contributed by atoms with Crippen LogP contribution in [-0.2, 0) is 14.7 Å². The van der Waals surface area contributed by atoms with Crippen LogP contribution < -0.4 is 5.46 Å². The minimum absolute atomic E-state index is 0.147. The van der Waals surface area contributed by atoms with Crippen molar-refractivity contribution in [2.24, 2.45) is 0 Å². The molecular weight excluding hydrogens is 256 g/mol. The fraction of sp³-hybridized carbons (Fsp3) is 0.667. The Morgan fingerprint density at radius 1 is 1.10 bits per heavy atom. The molecule has 0 unspecified atom stereocenters. The zero-order valence-corrected chi connectivity index (χ0v) is 13.4. The summed E-state index contributed by atoms with van der Waals surface area (Å²) in [7, 11) is -0.691. The molecule has 1 saturated heterocycles. The molecule has 1 aliphatic heterocycles. The average molecular weight is 279 g/mol. The Hall–Kier alpha value is -0.935. The van der Waals surface area contributed by atoms with Gasteiger partial charge in [-0.05, 0) is 33.8 Å². The standard InChI is InChI=1S/C15H23BFNO2/c1-13(2,3)12-8-10(11(17)9-18-12)16-19-14(4,5)15(6,7)20-16/h8-9H,1-7H3. The molecule has 0 bridgehead atoms. The van der Waals surface area contributed by atoms with Crippen molar-refractivity contribution in [2.75, 3.05) is 0 Å². The van der Waals surface area contributed by atoms with Crippen molar-refractivity contribution in [1.29, 1.82) is 0 Å². The van der Waals surface area contributed by atoms with Gasteiger partial charge in [-0.25, -0.2) is 4.39 Å². The zero-order chi connectivity index (χ0) is 15.3. The van der Waals surface area contributed by atoms with Crippen LogP contribution in [0.15, 0.2) is 12.3 Å². The van der Waals surface area contributed by atoms with Crippen LogP contribution in [0.4, 0.5) is 4.39 Å². The lowest BCUT2D eigenvalue weighted by Gasteiger charge is -2.32. The molecule has 1 aromatic heterocycles. The van der Waals surface area contributed by atoms with Gasteiger partial charge in [0, 0.05) is 16.6 Å². The number of hydrogen-bond donors (Lipinski definition) is 0. The minimum atomic E-state index is -0.691. The van der Waals surface area contributed by atoms with E-state index in [4.69, 9.17) is 9.31 Å². The summed E-state index contributed by atoms with van der Waals surface area (Å²) in [4.78, 5) is 4.17. The number of halogens is 1. The molecule has 1 fully saturated rings. The summed E-state index contributed by atoms with van der Waals surface area (Å²) in [6.45, 7) is 13.9. The first-order valence-electron chi connectivity index (χ1n) is 6.96. The summed E-state index contributed by atoms with van der Waals surface area (Å²) in [5.41, 5.74) is 0.142. The van der Waals surface area contributed by atoms with Gasteiger partial charge in [-0.2, -0.15) is 0 Å². The number of rotatable bonds is 1. The second-order valence-corrected chi connectivity index (χ2v) is 7.43. The highest BCUT2D eigenvalue weighted by Gasteiger charge is 2.52. The molecule has 0 aliphatic carbocycles. The minimum Gasteiger partial charge on any atom is -0.399 e. The van der Waals surface area contributed by atoms with Gasteiger partial charge in [-0.1, -0.05) is 20.8 Å². The predicted octanol–water partition coefficient (Wildman–Crippen LogP) is 2.82. The first-order chi connectivity index (χ1) is 8.94. The van der Waals surface area contributed by atoms with E-state index in [0.717, 1.165) is 5.69 Å². The quantitative estimate of drug-likeness (QED) is 0.741. The molecule has 3 nitrogen and oxygen atoms in total. The molecule has 2 heterocycles. The zero-order valence-electron chi connectivity index (χ0n) is 13.4. The van der Waals surface area contributed by atoms with Crippen LogP contribution in [0.25, 0.3) is 0 Å². The van der Waals surface area contributed by atoms with Gasteiger partial charge in [0.05, 0.1) is 17.4 Å². The summed E-state index contributed by atoms with van der Waals surface area (Å²) in [5.74, 6) is -0.392. The molecule has 0 aromatic carbocycles. The molecule has 0 spiro atoms. The van der Waals surface area contributed by atoms with Crippen molar-refractivity contribution in [1.82, 2.24) is 4.98 Å². The molecule has 0 N–H and O–H groups in total. The predicted molar refractivity (Wildman–Crippen MR) is 78.6 cm³/mol. The Bertz CT molecular complexity index is 507. The Balaban J connectivity index is 2.40. The fourth-order valence-corrected chi connectivity index (χ4v) is 2.02. The first kappa shape index (κ1) is 15.5. The molecule has 0 amide bonds. The van der Waals surface area contributed by atoms with E-state index >= 15 is 0 Å². The van der Waals surface area contributed by atoms with E-state index in [0.29, 0.717) is 5.46 Å². The molecular formula is C15H23BFNO2. The molecule has 0 atom stereocenters. The number of nitrogens with zero attached hydrogens (tertiary/aromatic N) is 1. The maximum Gasteiger partial charge on any atom is 0.497 e. The van der Waals surface area contributed by atoms with Gasteiger partial charge in [0.1, 0.15) is 5.82 Å². The summed E-state index contributed by atoms with van der Waals surface area (Å²) >= 11 is 0. The van der Waals surface area contributed by atoms with Gasteiger partial charge in [0.2, 0.25) is 0 Å². The van der Waals surface area contributed by atoms with Crippen molar-refractivity contribution in [3.63, 3.8) is 0 Å². The molecule has 20 heavy (non-hydrogen) atoms. The fourth-order valence-electron chi connectivity index (χ4n) is 2.02. The maximum atomic E-state index is 14.1. The Labute approximate surface area is 121 Å². The van der Waals surface area contributed by atoms with Gasteiger partial charge in [0.25, 0.3) is 0 Å². The molecule has 5 heteroatoms. The van der Waals surface area contributed by atoms with Gasteiger partial charge < -0.3 is 9.31 Å². The van der Waals surface area contributed by atoms with Gasteiger partial charge in [-0.15, -0.1) is 0 Å². The Morgan fingerprint density at radius 3 is 2.05 bits per heavy atom. The van der Waals surface area contributed by atoms with Gasteiger partial charge in [-0.3, -0.25) is 4.98 Å². The molecule has 2 rings (SSSR count). The maximum absolute atomic E-state index is 14.1. The molecule has 1 aliphatic rings. The highest BCUT2D eigenvalue weighted by atomic mass is 19.1. The third-order valence-corrected chi connectivity index (χ3v) is 4.16. The van der Waals surface area contributed by atoms with E-state index in [9.17, 15) is 4.39 Å². The van der Waals surface area contributed by atoms with Crippen LogP contribution >= 0.6 is 0 Å². The molecule has 0 saturated carbocycles. The lowest BCUT2D eigenvalue weighted by molar-refractivity contribution is 0.00578. The summed E-state index contributed by atoms with van der Waals surface area (Å²) < 4.78 is 25.9. The third kappa shape index (κ3) is 2.61. The van der Waals surface area contributed by atoms with Gasteiger partial charge >= 0.3 is 7.12 Å². The van der Waals surface area contributed by atoms with E-state index in [1.807, 2.05) is 48.5 Å². The lowest BCUT2D eigenvalue weighted by atomic mass is 9.77. The monoisotopic (exact) mass is 279 g/mol. The molecule has 1 aromatic rings. The van der Waals surface area contributed by atoms with Crippen molar-refractivity contribution in [3.05, 3.63) is 23.8 Å². The SMILES string of the molecule is CC(C)(C)c1cc(B2OC(C)(C)C(C)(C)O2)c(F)cn1. The first-order valence-corrected chi connectivity index (χ1v) is 6.96. The van der Waals surface area contributed by atoms with Crippen molar-refractivity contribution in [3.8, 4) is 0 Å². The Kier molecular flexibility index (Phi) is 3.50. The van der Waals surface area contributed by atoms with Crippen molar-refractivity contribution < 1.29 is 13.7 Å². The highest BCUT2D eigenvalue weighted by Crippen LogP contribution is 2.36. The smallest absolute Gasteiger partial charge is 0.399 e. The van der Waals surface area contributed by atoms with Crippen LogP contribution in [0.1, 0.15) is 54.2 Å². The van der Waals surface area contributed by atoms with E-state index in [1.165, 1.54) is 6.20 Å². The highest BCUT2D eigenvalue weighted by molar-refractivity contribution is 6.62. The van der Waals surface area contributed by atoms with Crippen LogP contribution in [0.5, 0.6) is 0 Å². The second kappa shape index (κ2) is 4.53. The Morgan fingerprint density at radius 2 is 1.60 bits per heavy atom. The number of aromatic nitrogens is 1. The van der Waals surface area contributed by atoms with Crippen LogP contribution in [0.3, 0.4) is 0 Å². The van der Waals surface area contributed by atoms with E-state index in [1.54, 1.807) is 6.07 Å². The van der Waals surface area contributed by atoms with Crippen molar-refractivity contribution >= 4 is 12.6 Å². The van der Waals surface area contributed by atoms with Crippen molar-refractivity contribution in [2.45, 2.75) is 65.1 Å². The summed E-state index contributed by atoms with van der Waals surface area (Å²) in [6, 6.07) is 1.75. The molecule has 110 valence electrons. The third-order valence-electron chi connectivity index (χ3n) is 4.16. The normalized spacial score (nSPS) is 21.3. The number of hydrogen-bond acceptors (Lipinski definition) is 3. The average Bonchev–Trinajstić information content (AvgIpc) is 2.46. The van der Waals surface area contributed by atoms with Gasteiger partial charge in [0.15, 0.2) is 0 Å². The summed E-state index contributed by atoms with van der Waals surface area (Å²) in [6.07, 6.45) is 1.25. The van der Waals surface area contributed by atoms with E-state index in [2.05, 4.69) is 4.98 Å². The van der Waals surface area contributed by atoms with E-state index in [-0.39, 0.29) is 5.41 Å². The lowest BCUT2D eigenvalue weighted by Crippen LogP contribution is -2.41. The summed E-state index contributed by atoms with van der Waals surface area (Å²) in [5, 5.41) is 0. The largest absolute Gasteiger partial charge is 0.497 e. The number of pyridine rings is 1. The van der Waals surface area contributed by atoms with E-state index < -0.39 is 24.1 Å². The second-order valence-electron chi connectivity index (χ2n) is 7.43. The van der Waals surface area contributed by atoms with Crippen LogP contribution in [-0.4, -0.2) is 23.3 Å². The molecule has 0 radical (unpaired) electrons. The van der Waals surface area contributed by atoms with Crippen LogP contribution in [0.2, 0.25) is 0 Å². The topological polar surface area (TPSA) is 31.4 Å². The van der Waals surface area contributed by atoms with Crippen LogP contribution in [0, 0.1) is 5.82 Å².